The molecule has 1 saturated heterocycles. The highest BCUT2D eigenvalue weighted by Gasteiger charge is 2.27. The van der Waals surface area contributed by atoms with Gasteiger partial charge >= 0.3 is 0 Å². The Balaban J connectivity index is 1.99. The first-order valence-corrected chi connectivity index (χ1v) is 7.17. The number of anilines is 2. The average Bonchev–Trinajstić information content (AvgIpc) is 2.94. The first kappa shape index (κ1) is 14.0. The van der Waals surface area contributed by atoms with Gasteiger partial charge in [-0.05, 0) is 13.8 Å². The molecular formula is C13H20N6O2. The second-order valence-electron chi connectivity index (χ2n) is 5.19. The second-order valence-corrected chi connectivity index (χ2v) is 5.19. The number of fused-ring (bicyclic) bond motifs is 1. The van der Waals surface area contributed by atoms with Crippen molar-refractivity contribution in [1.29, 1.82) is 0 Å². The molecule has 3 rings (SSSR count). The van der Waals surface area contributed by atoms with Gasteiger partial charge in [-0.15, -0.1) is 0 Å². The number of aromatic amines is 1. The molecule has 0 spiro atoms. The Morgan fingerprint density at radius 3 is 3.10 bits per heavy atom. The van der Waals surface area contributed by atoms with E-state index in [-0.39, 0.29) is 18.8 Å². The van der Waals surface area contributed by atoms with Gasteiger partial charge in [0.25, 0.3) is 0 Å². The van der Waals surface area contributed by atoms with Crippen LogP contribution in [0, 0.1) is 0 Å². The van der Waals surface area contributed by atoms with Gasteiger partial charge in [0.15, 0.2) is 5.65 Å². The molecule has 1 aliphatic heterocycles. The third-order valence-corrected chi connectivity index (χ3v) is 3.45. The molecule has 2 unspecified atom stereocenters. The molecule has 1 aliphatic rings. The van der Waals surface area contributed by atoms with Crippen molar-refractivity contribution in [3.63, 3.8) is 0 Å². The largest absolute Gasteiger partial charge is 0.394 e. The zero-order valence-electron chi connectivity index (χ0n) is 12.2. The molecule has 0 saturated carbocycles. The molecule has 114 valence electrons. The van der Waals surface area contributed by atoms with Crippen LogP contribution in [0.25, 0.3) is 11.0 Å². The Bertz CT molecular complexity index is 616. The van der Waals surface area contributed by atoms with Crippen LogP contribution in [0.4, 0.5) is 11.8 Å². The Labute approximate surface area is 122 Å². The van der Waals surface area contributed by atoms with Crippen LogP contribution in [-0.4, -0.2) is 63.7 Å². The summed E-state index contributed by atoms with van der Waals surface area (Å²) in [6.45, 7) is 6.06. The van der Waals surface area contributed by atoms with Crippen molar-refractivity contribution < 1.29 is 9.84 Å². The minimum Gasteiger partial charge on any atom is -0.394 e. The van der Waals surface area contributed by atoms with Crippen molar-refractivity contribution in [3.8, 4) is 0 Å². The molecule has 8 heteroatoms. The van der Waals surface area contributed by atoms with Crippen LogP contribution < -0.4 is 10.2 Å². The third-order valence-electron chi connectivity index (χ3n) is 3.45. The van der Waals surface area contributed by atoms with Gasteiger partial charge in [0.1, 0.15) is 5.82 Å². The average molecular weight is 292 g/mol. The van der Waals surface area contributed by atoms with Crippen LogP contribution in [0.2, 0.25) is 0 Å². The van der Waals surface area contributed by atoms with Crippen molar-refractivity contribution in [1.82, 2.24) is 20.2 Å². The number of ether oxygens (including phenoxy) is 1. The monoisotopic (exact) mass is 292 g/mol. The van der Waals surface area contributed by atoms with Gasteiger partial charge in [-0.3, -0.25) is 5.10 Å². The molecule has 2 aromatic heterocycles. The lowest BCUT2D eigenvalue weighted by Gasteiger charge is -2.37. The highest BCUT2D eigenvalue weighted by Crippen LogP contribution is 2.26. The highest BCUT2D eigenvalue weighted by molar-refractivity contribution is 5.87. The SMILES string of the molecule is CCNc1nc(N2CC(C)OC(CO)C2)c2cn[nH]c2n1. The molecule has 0 aliphatic carbocycles. The van der Waals surface area contributed by atoms with Gasteiger partial charge in [-0.1, -0.05) is 0 Å². The smallest absolute Gasteiger partial charge is 0.226 e. The Morgan fingerprint density at radius 1 is 1.48 bits per heavy atom. The number of rotatable bonds is 4. The highest BCUT2D eigenvalue weighted by atomic mass is 16.5. The molecular weight excluding hydrogens is 272 g/mol. The first-order chi connectivity index (χ1) is 10.2. The van der Waals surface area contributed by atoms with E-state index in [0.717, 1.165) is 24.3 Å². The third kappa shape index (κ3) is 2.77. The number of nitrogens with zero attached hydrogens (tertiary/aromatic N) is 4. The van der Waals surface area contributed by atoms with Crippen LogP contribution in [0.15, 0.2) is 6.20 Å². The fourth-order valence-corrected chi connectivity index (χ4v) is 2.62. The molecule has 0 amide bonds. The van der Waals surface area contributed by atoms with E-state index in [4.69, 9.17) is 4.74 Å². The van der Waals surface area contributed by atoms with Gasteiger partial charge in [0.2, 0.25) is 5.95 Å². The van der Waals surface area contributed by atoms with Gasteiger partial charge in [-0.25, -0.2) is 0 Å². The lowest BCUT2D eigenvalue weighted by molar-refractivity contribution is -0.0422. The number of aliphatic hydroxyl groups excluding tert-OH is 1. The van der Waals surface area contributed by atoms with E-state index in [1.807, 2.05) is 13.8 Å². The van der Waals surface area contributed by atoms with Crippen molar-refractivity contribution in [2.75, 3.05) is 36.5 Å². The Hall–Kier alpha value is -1.93. The van der Waals surface area contributed by atoms with Gasteiger partial charge < -0.3 is 20.1 Å². The molecule has 1 fully saturated rings. The van der Waals surface area contributed by atoms with Crippen molar-refractivity contribution in [2.45, 2.75) is 26.1 Å². The standard InChI is InChI=1S/C13H20N6O2/c1-3-14-13-16-11-10(4-15-18-11)12(17-13)19-5-8(2)21-9(6-19)7-20/h4,8-9,20H,3,5-7H2,1-2H3,(H2,14,15,16,17,18). The number of morpholine rings is 1. The molecule has 0 aromatic carbocycles. The quantitative estimate of drug-likeness (QED) is 0.748. The maximum atomic E-state index is 9.37. The van der Waals surface area contributed by atoms with Gasteiger partial charge in [0, 0.05) is 19.6 Å². The van der Waals surface area contributed by atoms with Crippen LogP contribution in [0.5, 0.6) is 0 Å². The second kappa shape index (κ2) is 5.82. The van der Waals surface area contributed by atoms with E-state index in [9.17, 15) is 5.11 Å². The molecule has 3 N–H and O–H groups in total. The van der Waals surface area contributed by atoms with Crippen molar-refractivity contribution >= 4 is 22.8 Å². The van der Waals surface area contributed by atoms with Crippen LogP contribution in [0.1, 0.15) is 13.8 Å². The van der Waals surface area contributed by atoms with E-state index in [2.05, 4.69) is 30.4 Å². The summed E-state index contributed by atoms with van der Waals surface area (Å²) in [4.78, 5) is 11.1. The fourth-order valence-electron chi connectivity index (χ4n) is 2.62. The van der Waals surface area contributed by atoms with E-state index >= 15 is 0 Å². The molecule has 0 radical (unpaired) electrons. The van der Waals surface area contributed by atoms with Crippen LogP contribution in [0.3, 0.4) is 0 Å². The number of nitrogens with one attached hydrogen (secondary N) is 2. The lowest BCUT2D eigenvalue weighted by atomic mass is 10.2. The van der Waals surface area contributed by atoms with E-state index in [1.165, 1.54) is 0 Å². The number of aliphatic hydroxyl groups is 1. The number of hydrogen-bond acceptors (Lipinski definition) is 7. The Kier molecular flexibility index (Phi) is 3.89. The predicted molar refractivity (Wildman–Crippen MR) is 79.5 cm³/mol. The lowest BCUT2D eigenvalue weighted by Crippen LogP contribution is -2.48. The molecule has 0 bridgehead atoms. The van der Waals surface area contributed by atoms with E-state index in [0.29, 0.717) is 18.1 Å². The van der Waals surface area contributed by atoms with Gasteiger partial charge in [0.05, 0.1) is 30.4 Å². The first-order valence-electron chi connectivity index (χ1n) is 7.17. The number of aromatic nitrogens is 4. The Morgan fingerprint density at radius 2 is 2.33 bits per heavy atom. The fraction of sp³-hybridized carbons (Fsp3) is 0.615. The summed E-state index contributed by atoms with van der Waals surface area (Å²) in [5.41, 5.74) is 0.704. The zero-order valence-corrected chi connectivity index (χ0v) is 12.2. The summed E-state index contributed by atoms with van der Waals surface area (Å²) in [5.74, 6) is 1.39. The zero-order chi connectivity index (χ0) is 14.8. The molecule has 8 nitrogen and oxygen atoms in total. The summed E-state index contributed by atoms with van der Waals surface area (Å²) >= 11 is 0. The predicted octanol–water partition coefficient (Wildman–Crippen LogP) is 0.371. The molecule has 2 aromatic rings. The van der Waals surface area contributed by atoms with E-state index in [1.54, 1.807) is 6.20 Å². The van der Waals surface area contributed by atoms with E-state index < -0.39 is 0 Å². The number of hydrogen-bond donors (Lipinski definition) is 3. The summed E-state index contributed by atoms with van der Waals surface area (Å²) in [6, 6.07) is 0. The van der Waals surface area contributed by atoms with Crippen LogP contribution >= 0.6 is 0 Å². The summed E-state index contributed by atoms with van der Waals surface area (Å²) in [6.07, 6.45) is 1.57. The molecule has 21 heavy (non-hydrogen) atoms. The summed E-state index contributed by atoms with van der Waals surface area (Å²) in [5, 5.41) is 20.3. The summed E-state index contributed by atoms with van der Waals surface area (Å²) in [7, 11) is 0. The van der Waals surface area contributed by atoms with Crippen molar-refractivity contribution in [3.05, 3.63) is 6.20 Å². The summed E-state index contributed by atoms with van der Waals surface area (Å²) < 4.78 is 5.68. The normalized spacial score (nSPS) is 22.7. The molecule has 2 atom stereocenters. The molecule has 3 heterocycles. The topological polar surface area (TPSA) is 99.2 Å². The van der Waals surface area contributed by atoms with Crippen molar-refractivity contribution in [2.24, 2.45) is 0 Å². The minimum absolute atomic E-state index is 0.000516. The minimum atomic E-state index is -0.201. The van der Waals surface area contributed by atoms with Gasteiger partial charge in [-0.2, -0.15) is 15.1 Å². The number of H-pyrrole nitrogens is 1. The maximum Gasteiger partial charge on any atom is 0.226 e. The maximum absolute atomic E-state index is 9.37. The van der Waals surface area contributed by atoms with Crippen LogP contribution in [-0.2, 0) is 4.74 Å².